The number of para-hydroxylation sites is 2. The van der Waals surface area contributed by atoms with Gasteiger partial charge >= 0.3 is 0 Å². The van der Waals surface area contributed by atoms with Crippen LogP contribution >= 0.6 is 0 Å². The lowest BCUT2D eigenvalue weighted by atomic mass is 10.2. The van der Waals surface area contributed by atoms with Gasteiger partial charge in [-0.25, -0.2) is 13.4 Å². The van der Waals surface area contributed by atoms with Crippen molar-refractivity contribution in [1.82, 2.24) is 19.2 Å². The lowest BCUT2D eigenvalue weighted by Crippen LogP contribution is -2.41. The lowest BCUT2D eigenvalue weighted by molar-refractivity contribution is 0.0729. The molecule has 9 heteroatoms. The standard InChI is InChI=1S/C20H22N4O4S/c1-23-17-8-4-3-7-16(17)22-19(23)14-21-20(25)15-6-2-5-9-18(15)29(26,27)24-10-12-28-13-11-24/h2-9H,10-14H2,1H3,(H,21,25). The Morgan fingerprint density at radius 3 is 2.55 bits per heavy atom. The molecule has 2 heterocycles. The van der Waals surface area contributed by atoms with Gasteiger partial charge in [0.1, 0.15) is 5.82 Å². The van der Waals surface area contributed by atoms with Gasteiger partial charge in [-0.3, -0.25) is 4.79 Å². The minimum absolute atomic E-state index is 0.00408. The zero-order chi connectivity index (χ0) is 20.4. The van der Waals surface area contributed by atoms with E-state index in [1.165, 1.54) is 16.4 Å². The topological polar surface area (TPSA) is 93.5 Å². The number of aryl methyl sites for hydroxylation is 1. The van der Waals surface area contributed by atoms with Gasteiger partial charge < -0.3 is 14.6 Å². The number of carbonyl (C=O) groups is 1. The molecule has 1 fully saturated rings. The fourth-order valence-corrected chi connectivity index (χ4v) is 5.01. The van der Waals surface area contributed by atoms with Gasteiger partial charge in [-0.05, 0) is 24.3 Å². The van der Waals surface area contributed by atoms with Crippen LogP contribution in [-0.2, 0) is 28.4 Å². The van der Waals surface area contributed by atoms with E-state index in [2.05, 4.69) is 10.3 Å². The second-order valence-corrected chi connectivity index (χ2v) is 8.68. The molecule has 0 bridgehead atoms. The van der Waals surface area contributed by atoms with E-state index in [0.29, 0.717) is 19.0 Å². The molecule has 1 amide bonds. The van der Waals surface area contributed by atoms with Crippen molar-refractivity contribution >= 4 is 27.0 Å². The Morgan fingerprint density at radius 1 is 1.10 bits per heavy atom. The van der Waals surface area contributed by atoms with Gasteiger partial charge in [0.15, 0.2) is 0 Å². The Hall–Kier alpha value is -2.75. The average Bonchev–Trinajstić information content (AvgIpc) is 3.08. The number of fused-ring (bicyclic) bond motifs is 1. The average molecular weight is 414 g/mol. The van der Waals surface area contributed by atoms with Crippen molar-refractivity contribution in [3.8, 4) is 0 Å². The van der Waals surface area contributed by atoms with Crippen LogP contribution in [0.15, 0.2) is 53.4 Å². The van der Waals surface area contributed by atoms with Gasteiger partial charge in [0.05, 0.1) is 41.3 Å². The van der Waals surface area contributed by atoms with Crippen LogP contribution in [-0.4, -0.2) is 54.5 Å². The van der Waals surface area contributed by atoms with E-state index in [-0.39, 0.29) is 30.1 Å². The summed E-state index contributed by atoms with van der Waals surface area (Å²) in [5.41, 5.74) is 1.93. The summed E-state index contributed by atoms with van der Waals surface area (Å²) in [6.45, 7) is 1.44. The second-order valence-electron chi connectivity index (χ2n) is 6.77. The molecule has 0 saturated carbocycles. The molecule has 2 aromatic carbocycles. The van der Waals surface area contributed by atoms with Gasteiger partial charge in [0, 0.05) is 20.1 Å². The van der Waals surface area contributed by atoms with Crippen LogP contribution in [0.4, 0.5) is 0 Å². The highest BCUT2D eigenvalue weighted by molar-refractivity contribution is 7.89. The smallest absolute Gasteiger partial charge is 0.253 e. The Bertz CT molecular complexity index is 1150. The molecule has 0 spiro atoms. The summed E-state index contributed by atoms with van der Waals surface area (Å²) in [6, 6.07) is 14.0. The summed E-state index contributed by atoms with van der Waals surface area (Å²) < 4.78 is 34.6. The summed E-state index contributed by atoms with van der Waals surface area (Å²) in [6.07, 6.45) is 0. The largest absolute Gasteiger partial charge is 0.379 e. The van der Waals surface area contributed by atoms with Crippen molar-refractivity contribution < 1.29 is 17.9 Å². The molecular weight excluding hydrogens is 392 g/mol. The number of sulfonamides is 1. The number of ether oxygens (including phenoxy) is 1. The summed E-state index contributed by atoms with van der Waals surface area (Å²) in [4.78, 5) is 17.4. The summed E-state index contributed by atoms with van der Waals surface area (Å²) in [5, 5.41) is 2.80. The number of hydrogen-bond acceptors (Lipinski definition) is 5. The van der Waals surface area contributed by atoms with E-state index < -0.39 is 15.9 Å². The number of benzene rings is 2. The number of imidazole rings is 1. The molecule has 0 aliphatic carbocycles. The van der Waals surface area contributed by atoms with Crippen molar-refractivity contribution in [2.45, 2.75) is 11.4 Å². The maximum Gasteiger partial charge on any atom is 0.253 e. The highest BCUT2D eigenvalue weighted by Gasteiger charge is 2.30. The molecule has 1 aliphatic rings. The van der Waals surface area contributed by atoms with E-state index in [1.54, 1.807) is 12.1 Å². The first-order chi connectivity index (χ1) is 14.0. The third kappa shape index (κ3) is 3.76. The van der Waals surface area contributed by atoms with Gasteiger partial charge in [-0.15, -0.1) is 0 Å². The molecule has 0 radical (unpaired) electrons. The van der Waals surface area contributed by atoms with E-state index in [4.69, 9.17) is 4.74 Å². The summed E-state index contributed by atoms with van der Waals surface area (Å²) in [5.74, 6) is 0.234. The van der Waals surface area contributed by atoms with Gasteiger partial charge in [0.2, 0.25) is 10.0 Å². The Labute approximate surface area is 169 Å². The Balaban J connectivity index is 1.57. The molecular formula is C20H22N4O4S. The first-order valence-corrected chi connectivity index (χ1v) is 10.8. The molecule has 152 valence electrons. The molecule has 29 heavy (non-hydrogen) atoms. The van der Waals surface area contributed by atoms with E-state index in [0.717, 1.165) is 11.0 Å². The van der Waals surface area contributed by atoms with Crippen LogP contribution in [0, 0.1) is 0 Å². The lowest BCUT2D eigenvalue weighted by Gasteiger charge is -2.26. The zero-order valence-electron chi connectivity index (χ0n) is 16.0. The number of rotatable bonds is 5. The van der Waals surface area contributed by atoms with Crippen molar-refractivity contribution in [3.63, 3.8) is 0 Å². The van der Waals surface area contributed by atoms with Crippen LogP contribution in [0.25, 0.3) is 11.0 Å². The molecule has 1 saturated heterocycles. The van der Waals surface area contributed by atoms with Crippen LogP contribution < -0.4 is 5.32 Å². The first-order valence-electron chi connectivity index (χ1n) is 9.34. The number of carbonyl (C=O) groups excluding carboxylic acids is 1. The number of nitrogens with one attached hydrogen (secondary N) is 1. The van der Waals surface area contributed by atoms with E-state index >= 15 is 0 Å². The van der Waals surface area contributed by atoms with Gasteiger partial charge in [-0.2, -0.15) is 4.31 Å². The van der Waals surface area contributed by atoms with Gasteiger partial charge in [0.25, 0.3) is 5.91 Å². The number of nitrogens with zero attached hydrogens (tertiary/aromatic N) is 3. The highest BCUT2D eigenvalue weighted by atomic mass is 32.2. The predicted molar refractivity (Wildman–Crippen MR) is 108 cm³/mol. The maximum absolute atomic E-state index is 13.0. The second kappa shape index (κ2) is 7.94. The Kier molecular flexibility index (Phi) is 5.35. The molecule has 1 N–H and O–H groups in total. The first kappa shape index (κ1) is 19.6. The SMILES string of the molecule is Cn1c(CNC(=O)c2ccccc2S(=O)(=O)N2CCOCC2)nc2ccccc21. The number of amides is 1. The maximum atomic E-state index is 13.0. The molecule has 3 aromatic rings. The van der Waals surface area contributed by atoms with Gasteiger partial charge in [-0.1, -0.05) is 24.3 Å². The number of hydrogen-bond donors (Lipinski definition) is 1. The van der Waals surface area contributed by atoms with Crippen molar-refractivity contribution in [1.29, 1.82) is 0 Å². The Morgan fingerprint density at radius 2 is 1.79 bits per heavy atom. The predicted octanol–water partition coefficient (Wildman–Crippen LogP) is 1.52. The third-order valence-corrected chi connectivity index (χ3v) is 6.96. The molecule has 1 aromatic heterocycles. The van der Waals surface area contributed by atoms with Crippen LogP contribution in [0.5, 0.6) is 0 Å². The number of morpholine rings is 1. The monoisotopic (exact) mass is 414 g/mol. The van der Waals surface area contributed by atoms with Crippen LogP contribution in [0.2, 0.25) is 0 Å². The minimum atomic E-state index is -3.78. The summed E-state index contributed by atoms with van der Waals surface area (Å²) in [7, 11) is -1.90. The van der Waals surface area contributed by atoms with Crippen molar-refractivity contribution in [2.24, 2.45) is 7.05 Å². The normalized spacial score (nSPS) is 15.5. The molecule has 0 unspecified atom stereocenters. The molecule has 4 rings (SSSR count). The van der Waals surface area contributed by atoms with E-state index in [1.807, 2.05) is 35.9 Å². The number of aromatic nitrogens is 2. The zero-order valence-corrected chi connectivity index (χ0v) is 16.9. The minimum Gasteiger partial charge on any atom is -0.379 e. The van der Waals surface area contributed by atoms with Crippen LogP contribution in [0.1, 0.15) is 16.2 Å². The third-order valence-electron chi connectivity index (χ3n) is 5.01. The molecule has 0 atom stereocenters. The highest BCUT2D eigenvalue weighted by Crippen LogP contribution is 2.21. The quantitative estimate of drug-likeness (QED) is 0.683. The molecule has 8 nitrogen and oxygen atoms in total. The van der Waals surface area contributed by atoms with Crippen molar-refractivity contribution in [2.75, 3.05) is 26.3 Å². The van der Waals surface area contributed by atoms with Crippen molar-refractivity contribution in [3.05, 3.63) is 59.9 Å². The fourth-order valence-electron chi connectivity index (χ4n) is 3.41. The van der Waals surface area contributed by atoms with Crippen LogP contribution in [0.3, 0.4) is 0 Å². The fraction of sp³-hybridized carbons (Fsp3) is 0.300. The van der Waals surface area contributed by atoms with E-state index in [9.17, 15) is 13.2 Å². The summed E-state index contributed by atoms with van der Waals surface area (Å²) >= 11 is 0. The molecule has 1 aliphatic heterocycles.